The Labute approximate surface area is 138 Å². The lowest BCUT2D eigenvalue weighted by molar-refractivity contribution is 0.340. The van der Waals surface area contributed by atoms with Crippen molar-refractivity contribution in [3.05, 3.63) is 65.2 Å². The molecular weight excluding hydrogens is 292 g/mol. The van der Waals surface area contributed by atoms with Crippen molar-refractivity contribution < 1.29 is 4.74 Å². The van der Waals surface area contributed by atoms with Crippen molar-refractivity contribution in [2.24, 2.45) is 0 Å². The van der Waals surface area contributed by atoms with Crippen molar-refractivity contribution >= 4 is 22.7 Å². The summed E-state index contributed by atoms with van der Waals surface area (Å²) in [7, 11) is 0. The van der Waals surface area contributed by atoms with Gasteiger partial charge in [0.25, 0.3) is 0 Å². The van der Waals surface area contributed by atoms with Crippen LogP contribution in [0.25, 0.3) is 11.1 Å². The summed E-state index contributed by atoms with van der Waals surface area (Å²) in [6, 6.07) is 16.5. The van der Waals surface area contributed by atoms with E-state index in [1.807, 2.05) is 37.3 Å². The summed E-state index contributed by atoms with van der Waals surface area (Å²) in [4.78, 5) is 0. The van der Waals surface area contributed by atoms with Gasteiger partial charge in [0.2, 0.25) is 0 Å². The number of benzene rings is 2. The Kier molecular flexibility index (Phi) is 6.54. The van der Waals surface area contributed by atoms with E-state index in [4.69, 9.17) is 16.3 Å². The Morgan fingerprint density at radius 3 is 2.27 bits per heavy atom. The number of aryl methyl sites for hydroxylation is 1. The van der Waals surface area contributed by atoms with E-state index in [2.05, 4.69) is 31.2 Å². The van der Waals surface area contributed by atoms with Crippen LogP contribution in [0, 0.1) is 0 Å². The highest BCUT2D eigenvalue weighted by molar-refractivity contribution is 6.51. The molecule has 2 heteroatoms. The number of hydrogen-bond acceptors (Lipinski definition) is 1. The van der Waals surface area contributed by atoms with Gasteiger partial charge < -0.3 is 4.74 Å². The Hall–Kier alpha value is -1.73. The van der Waals surface area contributed by atoms with Crippen molar-refractivity contribution in [1.82, 2.24) is 0 Å². The summed E-state index contributed by atoms with van der Waals surface area (Å²) in [6.45, 7) is 4.87. The van der Waals surface area contributed by atoms with E-state index in [-0.39, 0.29) is 0 Å². The van der Waals surface area contributed by atoms with E-state index in [0.717, 1.165) is 28.3 Å². The molecular formula is C20H23ClO. The van der Waals surface area contributed by atoms with Gasteiger partial charge in [-0.05, 0) is 66.8 Å². The zero-order chi connectivity index (χ0) is 15.8. The van der Waals surface area contributed by atoms with Gasteiger partial charge in [0.15, 0.2) is 0 Å². The van der Waals surface area contributed by atoms with Gasteiger partial charge in [0, 0.05) is 5.03 Å². The number of halogens is 1. The third-order valence-corrected chi connectivity index (χ3v) is 3.86. The molecule has 0 bridgehead atoms. The highest BCUT2D eigenvalue weighted by Gasteiger charge is 2.00. The molecule has 0 aliphatic heterocycles. The zero-order valence-corrected chi connectivity index (χ0v) is 14.1. The van der Waals surface area contributed by atoms with Crippen LogP contribution in [0.2, 0.25) is 0 Å². The SMILES string of the molecule is CCCCc1ccc(/C=C(\Cl)c2ccc(OCC)cc2)cc1. The summed E-state index contributed by atoms with van der Waals surface area (Å²) >= 11 is 6.41. The van der Waals surface area contributed by atoms with E-state index in [1.54, 1.807) is 0 Å². The van der Waals surface area contributed by atoms with Gasteiger partial charge in [-0.3, -0.25) is 0 Å². The van der Waals surface area contributed by atoms with E-state index in [9.17, 15) is 0 Å². The number of rotatable bonds is 7. The average molecular weight is 315 g/mol. The molecule has 2 aromatic carbocycles. The van der Waals surface area contributed by atoms with Gasteiger partial charge >= 0.3 is 0 Å². The molecule has 0 spiro atoms. The Balaban J connectivity index is 2.07. The molecule has 0 atom stereocenters. The van der Waals surface area contributed by atoms with Crippen molar-refractivity contribution in [2.45, 2.75) is 33.1 Å². The lowest BCUT2D eigenvalue weighted by atomic mass is 10.1. The van der Waals surface area contributed by atoms with Crippen LogP contribution in [0.4, 0.5) is 0 Å². The van der Waals surface area contributed by atoms with Gasteiger partial charge in [0.1, 0.15) is 5.75 Å². The van der Waals surface area contributed by atoms with E-state index < -0.39 is 0 Å². The van der Waals surface area contributed by atoms with Crippen molar-refractivity contribution in [3.8, 4) is 5.75 Å². The molecule has 0 saturated heterocycles. The monoisotopic (exact) mass is 314 g/mol. The molecule has 2 rings (SSSR count). The molecule has 0 unspecified atom stereocenters. The molecule has 0 fully saturated rings. The first-order valence-corrected chi connectivity index (χ1v) is 8.30. The van der Waals surface area contributed by atoms with Gasteiger partial charge in [0.05, 0.1) is 6.61 Å². The molecule has 0 aliphatic carbocycles. The lowest BCUT2D eigenvalue weighted by Crippen LogP contribution is -1.90. The summed E-state index contributed by atoms with van der Waals surface area (Å²) in [5.74, 6) is 0.871. The third kappa shape index (κ3) is 4.92. The van der Waals surface area contributed by atoms with Gasteiger partial charge in [-0.15, -0.1) is 0 Å². The van der Waals surface area contributed by atoms with Crippen molar-refractivity contribution in [1.29, 1.82) is 0 Å². The topological polar surface area (TPSA) is 9.23 Å². The number of unbranched alkanes of at least 4 members (excludes halogenated alkanes) is 1. The number of hydrogen-bond donors (Lipinski definition) is 0. The quantitative estimate of drug-likeness (QED) is 0.556. The van der Waals surface area contributed by atoms with Gasteiger partial charge in [-0.1, -0.05) is 49.2 Å². The van der Waals surface area contributed by atoms with Crippen LogP contribution >= 0.6 is 11.6 Å². The molecule has 0 aliphatic rings. The summed E-state index contributed by atoms with van der Waals surface area (Å²) in [5.41, 5.74) is 3.51. The standard InChI is InChI=1S/C20H23ClO/c1-3-5-6-16-7-9-17(10-8-16)15-20(21)18-11-13-19(14-12-18)22-4-2/h7-15H,3-6H2,1-2H3/b20-15-. The Morgan fingerprint density at radius 2 is 1.68 bits per heavy atom. The highest BCUT2D eigenvalue weighted by Crippen LogP contribution is 2.24. The minimum atomic E-state index is 0.674. The molecule has 116 valence electrons. The maximum atomic E-state index is 6.41. The van der Waals surface area contributed by atoms with Crippen LogP contribution in [0.5, 0.6) is 5.75 Å². The second-order valence-corrected chi connectivity index (χ2v) is 5.70. The second-order valence-electron chi connectivity index (χ2n) is 5.29. The van der Waals surface area contributed by atoms with Crippen LogP contribution in [0.1, 0.15) is 43.4 Å². The first-order valence-electron chi connectivity index (χ1n) is 7.92. The summed E-state index contributed by atoms with van der Waals surface area (Å²) in [6.07, 6.45) is 5.61. The first-order chi connectivity index (χ1) is 10.7. The summed E-state index contributed by atoms with van der Waals surface area (Å²) < 4.78 is 5.44. The van der Waals surface area contributed by atoms with E-state index in [0.29, 0.717) is 6.61 Å². The van der Waals surface area contributed by atoms with Crippen LogP contribution in [0.15, 0.2) is 48.5 Å². The fourth-order valence-electron chi connectivity index (χ4n) is 2.27. The highest BCUT2D eigenvalue weighted by atomic mass is 35.5. The normalized spacial score (nSPS) is 11.5. The molecule has 2 aromatic rings. The Morgan fingerprint density at radius 1 is 1.00 bits per heavy atom. The van der Waals surface area contributed by atoms with Crippen LogP contribution < -0.4 is 4.74 Å². The zero-order valence-electron chi connectivity index (χ0n) is 13.3. The maximum absolute atomic E-state index is 6.41. The second kappa shape index (κ2) is 8.65. The molecule has 0 saturated carbocycles. The molecule has 0 N–H and O–H groups in total. The first kappa shape index (κ1) is 16.6. The predicted octanol–water partition coefficient (Wildman–Crippen LogP) is 6.16. The minimum Gasteiger partial charge on any atom is -0.494 e. The molecule has 0 heterocycles. The smallest absolute Gasteiger partial charge is 0.119 e. The summed E-state index contributed by atoms with van der Waals surface area (Å²) in [5, 5.41) is 0.740. The van der Waals surface area contributed by atoms with Crippen LogP contribution in [0.3, 0.4) is 0 Å². The molecule has 22 heavy (non-hydrogen) atoms. The van der Waals surface area contributed by atoms with Crippen molar-refractivity contribution in [3.63, 3.8) is 0 Å². The van der Waals surface area contributed by atoms with Crippen molar-refractivity contribution in [2.75, 3.05) is 6.61 Å². The van der Waals surface area contributed by atoms with Gasteiger partial charge in [-0.2, -0.15) is 0 Å². The molecule has 0 amide bonds. The fourth-order valence-corrected chi connectivity index (χ4v) is 2.52. The largest absolute Gasteiger partial charge is 0.494 e. The fraction of sp³-hybridized carbons (Fsp3) is 0.300. The molecule has 0 aromatic heterocycles. The number of ether oxygens (including phenoxy) is 1. The van der Waals surface area contributed by atoms with Crippen LogP contribution in [-0.2, 0) is 6.42 Å². The predicted molar refractivity (Wildman–Crippen MR) is 96.4 cm³/mol. The van der Waals surface area contributed by atoms with Gasteiger partial charge in [-0.25, -0.2) is 0 Å². The third-order valence-electron chi connectivity index (χ3n) is 3.53. The minimum absolute atomic E-state index is 0.674. The van der Waals surface area contributed by atoms with E-state index >= 15 is 0 Å². The Bertz CT molecular complexity index is 597. The molecule has 1 nitrogen and oxygen atoms in total. The molecule has 0 radical (unpaired) electrons. The average Bonchev–Trinajstić information content (AvgIpc) is 2.55. The lowest BCUT2D eigenvalue weighted by Gasteiger charge is -2.05. The van der Waals surface area contributed by atoms with Crippen LogP contribution in [-0.4, -0.2) is 6.61 Å². The van der Waals surface area contributed by atoms with E-state index in [1.165, 1.54) is 18.4 Å². The maximum Gasteiger partial charge on any atom is 0.119 e.